The zero-order chi connectivity index (χ0) is 29.7. The standard InChI is InChI=1S/C31H44N6O4/c1-19(2)25-26(32-10-9-30-15-31(16-30,17-30)41-8)33-14-22(35-25)27(38)37-12-11-36(18-29(37,5)6)23-13-20(3)24(21(4)34-23)28(39)40-7/h13-14,19H,9-12,15-18H2,1-8H3,(H,32,33). The quantitative estimate of drug-likeness (QED) is 0.440. The van der Waals surface area contributed by atoms with Crippen LogP contribution in [0.4, 0.5) is 11.6 Å². The van der Waals surface area contributed by atoms with Crippen molar-refractivity contribution < 1.29 is 19.1 Å². The molecule has 1 N–H and O–H groups in total. The Morgan fingerprint density at radius 2 is 1.80 bits per heavy atom. The summed E-state index contributed by atoms with van der Waals surface area (Å²) in [7, 11) is 3.20. The Morgan fingerprint density at radius 3 is 2.39 bits per heavy atom. The molecule has 3 saturated carbocycles. The van der Waals surface area contributed by atoms with Gasteiger partial charge in [0.15, 0.2) is 0 Å². The van der Waals surface area contributed by atoms with Crippen molar-refractivity contribution in [3.05, 3.63) is 40.5 Å². The van der Waals surface area contributed by atoms with Crippen molar-refractivity contribution in [3.63, 3.8) is 0 Å². The van der Waals surface area contributed by atoms with Crippen LogP contribution in [0.25, 0.3) is 0 Å². The predicted molar refractivity (Wildman–Crippen MR) is 158 cm³/mol. The Balaban J connectivity index is 1.26. The van der Waals surface area contributed by atoms with Crippen molar-refractivity contribution in [1.82, 2.24) is 19.9 Å². The minimum absolute atomic E-state index is 0.115. The molecule has 1 saturated heterocycles. The van der Waals surface area contributed by atoms with Crippen LogP contribution < -0.4 is 10.2 Å². The number of esters is 1. The molecule has 0 atom stereocenters. The van der Waals surface area contributed by atoms with E-state index < -0.39 is 5.54 Å². The van der Waals surface area contributed by atoms with Crippen molar-refractivity contribution in [3.8, 4) is 0 Å². The summed E-state index contributed by atoms with van der Waals surface area (Å²) < 4.78 is 10.6. The van der Waals surface area contributed by atoms with E-state index in [0.717, 1.165) is 55.1 Å². The molecule has 10 heteroatoms. The van der Waals surface area contributed by atoms with Gasteiger partial charge < -0.3 is 24.6 Å². The van der Waals surface area contributed by atoms with E-state index in [1.807, 2.05) is 31.9 Å². The highest BCUT2D eigenvalue weighted by atomic mass is 16.5. The average Bonchev–Trinajstić information content (AvgIpc) is 2.87. The number of pyridine rings is 1. The van der Waals surface area contributed by atoms with Crippen LogP contribution in [0.1, 0.15) is 97.1 Å². The molecular weight excluding hydrogens is 520 g/mol. The van der Waals surface area contributed by atoms with Gasteiger partial charge in [-0.25, -0.2) is 19.7 Å². The highest BCUT2D eigenvalue weighted by Gasteiger charge is 2.67. The molecule has 2 bridgehead atoms. The highest BCUT2D eigenvalue weighted by Crippen LogP contribution is 2.70. The third-order valence-electron chi connectivity index (χ3n) is 9.28. The zero-order valence-electron chi connectivity index (χ0n) is 25.8. The topological polar surface area (TPSA) is 110 Å². The number of aryl methyl sites for hydroxylation is 2. The molecule has 10 nitrogen and oxygen atoms in total. The molecule has 0 spiro atoms. The smallest absolute Gasteiger partial charge is 0.339 e. The molecule has 0 unspecified atom stereocenters. The van der Waals surface area contributed by atoms with Crippen LogP contribution in [0.5, 0.6) is 0 Å². The fourth-order valence-corrected chi connectivity index (χ4v) is 7.12. The number of carbonyl (C=O) groups is 2. The molecular formula is C31H44N6O4. The number of nitrogens with zero attached hydrogens (tertiary/aromatic N) is 5. The van der Waals surface area contributed by atoms with Crippen molar-refractivity contribution in [1.29, 1.82) is 0 Å². The third kappa shape index (κ3) is 5.27. The summed E-state index contributed by atoms with van der Waals surface area (Å²) in [4.78, 5) is 44.2. The minimum atomic E-state index is -0.473. The number of hydrogen-bond acceptors (Lipinski definition) is 9. The SMILES string of the molecule is COC(=O)c1c(C)cc(N2CCN(C(=O)c3cnc(NCCC45CC(OC)(C4)C5)c(C(C)C)n3)C(C)(C)C2)nc1C. The number of hydrogen-bond donors (Lipinski definition) is 1. The van der Waals surface area contributed by atoms with Gasteiger partial charge in [0, 0.05) is 33.3 Å². The molecule has 4 aliphatic rings. The summed E-state index contributed by atoms with van der Waals surface area (Å²) in [6.45, 7) is 14.6. The molecule has 3 aliphatic carbocycles. The van der Waals surface area contributed by atoms with Gasteiger partial charge in [0.1, 0.15) is 17.3 Å². The van der Waals surface area contributed by atoms with E-state index in [1.165, 1.54) is 7.11 Å². The molecule has 41 heavy (non-hydrogen) atoms. The minimum Gasteiger partial charge on any atom is -0.465 e. The molecule has 222 valence electrons. The van der Waals surface area contributed by atoms with Gasteiger partial charge in [-0.1, -0.05) is 13.8 Å². The van der Waals surface area contributed by atoms with Crippen molar-refractivity contribution in [2.24, 2.45) is 5.41 Å². The lowest BCUT2D eigenvalue weighted by Gasteiger charge is -2.70. The second-order valence-electron chi connectivity index (χ2n) is 13.2. The van der Waals surface area contributed by atoms with Crippen molar-refractivity contribution >= 4 is 23.5 Å². The number of amides is 1. The molecule has 4 fully saturated rings. The fourth-order valence-electron chi connectivity index (χ4n) is 7.12. The molecule has 2 aromatic heterocycles. The highest BCUT2D eigenvalue weighted by molar-refractivity contribution is 5.93. The molecule has 2 aromatic rings. The van der Waals surface area contributed by atoms with E-state index in [2.05, 4.69) is 42.9 Å². The van der Waals surface area contributed by atoms with Gasteiger partial charge >= 0.3 is 5.97 Å². The van der Waals surface area contributed by atoms with Gasteiger partial charge in [-0.05, 0) is 76.3 Å². The number of anilines is 2. The van der Waals surface area contributed by atoms with Crippen LogP contribution >= 0.6 is 0 Å². The summed E-state index contributed by atoms with van der Waals surface area (Å²) in [5, 5.41) is 3.50. The Hall–Kier alpha value is -3.27. The third-order valence-corrected chi connectivity index (χ3v) is 9.28. The number of methoxy groups -OCH3 is 2. The number of nitrogens with one attached hydrogen (secondary N) is 1. The number of aromatic nitrogens is 3. The lowest BCUT2D eigenvalue weighted by molar-refractivity contribution is -0.275. The molecule has 0 aromatic carbocycles. The lowest BCUT2D eigenvalue weighted by Crippen LogP contribution is -2.68. The van der Waals surface area contributed by atoms with E-state index in [0.29, 0.717) is 42.0 Å². The fraction of sp³-hybridized carbons (Fsp3) is 0.645. The summed E-state index contributed by atoms with van der Waals surface area (Å²) in [5.41, 5.74) is 3.26. The Labute approximate surface area is 243 Å². The number of piperazine rings is 1. The van der Waals surface area contributed by atoms with Gasteiger partial charge in [0.05, 0.1) is 41.4 Å². The average molecular weight is 565 g/mol. The van der Waals surface area contributed by atoms with Crippen LogP contribution in [0.2, 0.25) is 0 Å². The lowest BCUT2D eigenvalue weighted by atomic mass is 9.40. The Kier molecular flexibility index (Phi) is 7.51. The summed E-state index contributed by atoms with van der Waals surface area (Å²) >= 11 is 0. The summed E-state index contributed by atoms with van der Waals surface area (Å²) in [6, 6.07) is 1.92. The first-order valence-corrected chi connectivity index (χ1v) is 14.6. The van der Waals surface area contributed by atoms with Crippen LogP contribution in [0.15, 0.2) is 12.3 Å². The van der Waals surface area contributed by atoms with Crippen LogP contribution in [-0.2, 0) is 9.47 Å². The number of rotatable bonds is 9. The van der Waals surface area contributed by atoms with Gasteiger partial charge in [0.2, 0.25) is 0 Å². The van der Waals surface area contributed by atoms with Gasteiger partial charge in [0.25, 0.3) is 5.91 Å². The van der Waals surface area contributed by atoms with Crippen LogP contribution in [0.3, 0.4) is 0 Å². The number of ether oxygens (including phenoxy) is 2. The maximum absolute atomic E-state index is 13.8. The molecule has 6 rings (SSSR count). The largest absolute Gasteiger partial charge is 0.465 e. The van der Waals surface area contributed by atoms with Gasteiger partial charge in [-0.15, -0.1) is 0 Å². The molecule has 0 radical (unpaired) electrons. The zero-order valence-corrected chi connectivity index (χ0v) is 25.8. The van der Waals surface area contributed by atoms with Gasteiger partial charge in [-0.3, -0.25) is 4.79 Å². The number of carbonyl (C=O) groups excluding carboxylic acids is 2. The van der Waals surface area contributed by atoms with Crippen LogP contribution in [-0.4, -0.2) is 83.3 Å². The first-order chi connectivity index (χ1) is 19.3. The van der Waals surface area contributed by atoms with E-state index in [4.69, 9.17) is 19.4 Å². The van der Waals surface area contributed by atoms with Crippen molar-refractivity contribution in [2.45, 2.75) is 84.3 Å². The normalized spacial score (nSPS) is 24.5. The van der Waals surface area contributed by atoms with Gasteiger partial charge in [-0.2, -0.15) is 0 Å². The second kappa shape index (κ2) is 10.5. The molecule has 1 aliphatic heterocycles. The van der Waals surface area contributed by atoms with Crippen molar-refractivity contribution in [2.75, 3.05) is 50.6 Å². The summed E-state index contributed by atoms with van der Waals surface area (Å²) in [5.74, 6) is 1.19. The maximum Gasteiger partial charge on any atom is 0.339 e. The molecule has 3 heterocycles. The monoisotopic (exact) mass is 564 g/mol. The Bertz CT molecular complexity index is 1310. The second-order valence-corrected chi connectivity index (χ2v) is 13.2. The Morgan fingerprint density at radius 1 is 1.10 bits per heavy atom. The first-order valence-electron chi connectivity index (χ1n) is 14.6. The molecule has 1 amide bonds. The van der Waals surface area contributed by atoms with E-state index in [1.54, 1.807) is 6.20 Å². The summed E-state index contributed by atoms with van der Waals surface area (Å²) in [6.07, 6.45) is 6.18. The van der Waals surface area contributed by atoms with E-state index in [-0.39, 0.29) is 23.4 Å². The van der Waals surface area contributed by atoms with Crippen LogP contribution in [0, 0.1) is 19.3 Å². The van der Waals surface area contributed by atoms with E-state index >= 15 is 0 Å². The predicted octanol–water partition coefficient (Wildman–Crippen LogP) is 4.51. The first kappa shape index (κ1) is 29.2. The maximum atomic E-state index is 13.8. The van der Waals surface area contributed by atoms with E-state index in [9.17, 15) is 9.59 Å².